The highest BCUT2D eigenvalue weighted by Crippen LogP contribution is 1.85. The van der Waals surface area contributed by atoms with Crippen LogP contribution in [-0.4, -0.2) is 24.1 Å². The van der Waals surface area contributed by atoms with Crippen LogP contribution in [0, 0.1) is 5.41 Å². The van der Waals surface area contributed by atoms with E-state index in [0.29, 0.717) is 6.61 Å². The summed E-state index contributed by atoms with van der Waals surface area (Å²) in [5.74, 6) is -0.352. The lowest BCUT2D eigenvalue weighted by molar-refractivity contribution is -0.135. The molecule has 11 heavy (non-hydrogen) atoms. The molecular weight excluding hydrogens is 144 g/mol. The first kappa shape index (κ1) is 9.81. The van der Waals surface area contributed by atoms with E-state index in [1.54, 1.807) is 6.92 Å². The van der Waals surface area contributed by atoms with E-state index in [4.69, 9.17) is 5.41 Å². The molecule has 0 rings (SSSR count). The highest BCUT2D eigenvalue weighted by molar-refractivity contribution is 6.37. The van der Waals surface area contributed by atoms with Gasteiger partial charge in [-0.25, -0.2) is 9.79 Å². The van der Waals surface area contributed by atoms with E-state index in [2.05, 4.69) is 9.73 Å². The Morgan fingerprint density at radius 3 is 2.45 bits per heavy atom. The van der Waals surface area contributed by atoms with Crippen LogP contribution in [0.5, 0.6) is 0 Å². The van der Waals surface area contributed by atoms with Gasteiger partial charge in [-0.3, -0.25) is 5.41 Å². The fourth-order valence-corrected chi connectivity index (χ4v) is 0.533. The third-order valence-electron chi connectivity index (χ3n) is 0.906. The molecular formula is C7H12N2O2. The molecule has 4 nitrogen and oxygen atoms in total. The van der Waals surface area contributed by atoms with Gasteiger partial charge in [0, 0.05) is 0 Å². The summed E-state index contributed by atoms with van der Waals surface area (Å²) < 4.78 is 4.64. The summed E-state index contributed by atoms with van der Waals surface area (Å²) in [5.41, 5.74) is 0.222. The number of aliphatic imine (C=N–C) groups is 1. The molecule has 0 bridgehead atoms. The van der Waals surface area contributed by atoms with Crippen LogP contribution >= 0.6 is 0 Å². The van der Waals surface area contributed by atoms with Gasteiger partial charge in [-0.05, 0) is 20.8 Å². The van der Waals surface area contributed by atoms with E-state index in [-0.39, 0.29) is 11.5 Å². The Morgan fingerprint density at radius 1 is 1.55 bits per heavy atom. The molecule has 0 radical (unpaired) electrons. The van der Waals surface area contributed by atoms with Gasteiger partial charge >= 0.3 is 5.97 Å². The van der Waals surface area contributed by atoms with Crippen molar-refractivity contribution in [3.63, 3.8) is 0 Å². The monoisotopic (exact) mass is 156 g/mol. The van der Waals surface area contributed by atoms with Crippen LogP contribution < -0.4 is 0 Å². The summed E-state index contributed by atoms with van der Waals surface area (Å²) >= 11 is 0. The number of carbonyl (C=O) groups excluding carboxylic acids is 1. The van der Waals surface area contributed by atoms with Crippen molar-refractivity contribution in [1.29, 1.82) is 5.41 Å². The van der Waals surface area contributed by atoms with Crippen LogP contribution in [0.4, 0.5) is 0 Å². The van der Waals surface area contributed by atoms with Gasteiger partial charge in [0.15, 0.2) is 0 Å². The fourth-order valence-electron chi connectivity index (χ4n) is 0.533. The second-order valence-corrected chi connectivity index (χ2v) is 2.00. The quantitative estimate of drug-likeness (QED) is 0.368. The molecule has 0 aromatic rings. The highest BCUT2D eigenvalue weighted by Gasteiger charge is 2.05. The van der Waals surface area contributed by atoms with Crippen molar-refractivity contribution < 1.29 is 9.53 Å². The zero-order valence-corrected chi connectivity index (χ0v) is 6.97. The van der Waals surface area contributed by atoms with E-state index in [1.807, 2.05) is 0 Å². The van der Waals surface area contributed by atoms with Crippen LogP contribution in [0.25, 0.3) is 0 Å². The van der Waals surface area contributed by atoms with E-state index >= 15 is 0 Å². The topological polar surface area (TPSA) is 62.5 Å². The summed E-state index contributed by atoms with van der Waals surface area (Å²) in [6.07, 6.45) is 0. The summed E-state index contributed by atoms with van der Waals surface area (Å²) in [6, 6.07) is 0. The van der Waals surface area contributed by atoms with Crippen LogP contribution in [0.2, 0.25) is 0 Å². The molecule has 0 heterocycles. The number of rotatable bonds is 2. The second-order valence-electron chi connectivity index (χ2n) is 2.00. The SMILES string of the molecule is CCOC(=O)C(C)=NC(C)=N. The van der Waals surface area contributed by atoms with Crippen LogP contribution in [-0.2, 0) is 9.53 Å². The first-order valence-corrected chi connectivity index (χ1v) is 3.35. The predicted molar refractivity (Wildman–Crippen MR) is 43.1 cm³/mol. The van der Waals surface area contributed by atoms with E-state index in [0.717, 1.165) is 0 Å². The van der Waals surface area contributed by atoms with Crippen LogP contribution in [0.1, 0.15) is 20.8 Å². The first-order chi connectivity index (χ1) is 5.07. The Bertz CT molecular complexity index is 197. The van der Waals surface area contributed by atoms with Crippen molar-refractivity contribution in [3.8, 4) is 0 Å². The number of carbonyl (C=O) groups is 1. The molecule has 0 aromatic carbocycles. The molecule has 0 aromatic heterocycles. The van der Waals surface area contributed by atoms with Gasteiger partial charge in [-0.15, -0.1) is 0 Å². The normalized spacial score (nSPS) is 11.0. The zero-order chi connectivity index (χ0) is 8.85. The maximum Gasteiger partial charge on any atom is 0.352 e. The average molecular weight is 156 g/mol. The molecule has 0 saturated heterocycles. The lowest BCUT2D eigenvalue weighted by Crippen LogP contribution is -2.15. The number of nitrogens with zero attached hydrogens (tertiary/aromatic N) is 1. The van der Waals surface area contributed by atoms with Gasteiger partial charge in [0.25, 0.3) is 0 Å². The molecule has 0 aliphatic heterocycles. The van der Waals surface area contributed by atoms with Gasteiger partial charge < -0.3 is 4.74 Å². The molecule has 0 amide bonds. The summed E-state index contributed by atoms with van der Waals surface area (Å²) in [5, 5.41) is 6.95. The molecule has 0 aliphatic rings. The van der Waals surface area contributed by atoms with Crippen molar-refractivity contribution >= 4 is 17.5 Å². The lowest BCUT2D eigenvalue weighted by atomic mass is 10.4. The van der Waals surface area contributed by atoms with Gasteiger partial charge in [-0.1, -0.05) is 0 Å². The van der Waals surface area contributed by atoms with Crippen LogP contribution in [0.3, 0.4) is 0 Å². The molecule has 62 valence electrons. The number of amidine groups is 1. The average Bonchev–Trinajstić information content (AvgIpc) is 1.86. The van der Waals surface area contributed by atoms with Crippen LogP contribution in [0.15, 0.2) is 4.99 Å². The molecule has 0 fully saturated rings. The second kappa shape index (κ2) is 4.60. The molecule has 4 heteroatoms. The summed E-state index contributed by atoms with van der Waals surface area (Å²) in [6.45, 7) is 5.09. The summed E-state index contributed by atoms with van der Waals surface area (Å²) in [7, 11) is 0. The van der Waals surface area contributed by atoms with Gasteiger partial charge in [0.1, 0.15) is 11.5 Å². The minimum Gasteiger partial charge on any atom is -0.462 e. The molecule has 0 aliphatic carbocycles. The van der Waals surface area contributed by atoms with Crippen molar-refractivity contribution in [1.82, 2.24) is 0 Å². The number of esters is 1. The number of nitrogens with one attached hydrogen (secondary N) is 1. The third kappa shape index (κ3) is 4.25. The maximum absolute atomic E-state index is 10.8. The lowest BCUT2D eigenvalue weighted by Gasteiger charge is -1.98. The standard InChI is InChI=1S/C7H12N2O2/c1-4-11-7(10)5(2)9-6(3)8/h8H,4H2,1-3H3. The molecule has 1 N–H and O–H groups in total. The van der Waals surface area contributed by atoms with Gasteiger partial charge in [0.05, 0.1) is 6.61 Å². The number of hydrogen-bond donors (Lipinski definition) is 1. The predicted octanol–water partition coefficient (Wildman–Crippen LogP) is 1.01. The minimum atomic E-state index is -0.459. The first-order valence-electron chi connectivity index (χ1n) is 3.35. The Hall–Kier alpha value is -1.19. The van der Waals surface area contributed by atoms with E-state index < -0.39 is 5.97 Å². The van der Waals surface area contributed by atoms with Crippen molar-refractivity contribution in [2.45, 2.75) is 20.8 Å². The van der Waals surface area contributed by atoms with Gasteiger partial charge in [0.2, 0.25) is 0 Å². The van der Waals surface area contributed by atoms with E-state index in [1.165, 1.54) is 13.8 Å². The smallest absolute Gasteiger partial charge is 0.352 e. The Morgan fingerprint density at radius 2 is 2.09 bits per heavy atom. The number of hydrogen-bond acceptors (Lipinski definition) is 3. The fraction of sp³-hybridized carbons (Fsp3) is 0.571. The summed E-state index contributed by atoms with van der Waals surface area (Å²) in [4.78, 5) is 14.5. The Balaban J connectivity index is 4.12. The maximum atomic E-state index is 10.8. The zero-order valence-electron chi connectivity index (χ0n) is 6.97. The number of ether oxygens (including phenoxy) is 1. The largest absolute Gasteiger partial charge is 0.462 e. The van der Waals surface area contributed by atoms with Crippen molar-refractivity contribution in [2.75, 3.05) is 6.61 Å². The highest BCUT2D eigenvalue weighted by atomic mass is 16.5. The van der Waals surface area contributed by atoms with Crippen molar-refractivity contribution in [3.05, 3.63) is 0 Å². The minimum absolute atomic E-state index is 0.107. The van der Waals surface area contributed by atoms with Crippen molar-refractivity contribution in [2.24, 2.45) is 4.99 Å². The third-order valence-corrected chi connectivity index (χ3v) is 0.906. The Labute approximate surface area is 65.8 Å². The Kier molecular flexibility index (Phi) is 4.10. The van der Waals surface area contributed by atoms with E-state index in [9.17, 15) is 4.79 Å². The molecule has 0 unspecified atom stereocenters. The van der Waals surface area contributed by atoms with Gasteiger partial charge in [-0.2, -0.15) is 0 Å². The molecule has 0 spiro atoms. The molecule has 0 saturated carbocycles. The molecule has 0 atom stereocenters.